The molecule has 2 aromatic rings. The van der Waals surface area contributed by atoms with Gasteiger partial charge in [-0.05, 0) is 44.8 Å². The van der Waals surface area contributed by atoms with Gasteiger partial charge in [-0.2, -0.15) is 0 Å². The molecule has 122 valence electrons. The van der Waals surface area contributed by atoms with Crippen LogP contribution in [0.1, 0.15) is 22.3 Å². The fraction of sp³-hybridized carbons (Fsp3) is 0.333. The lowest BCUT2D eigenvalue weighted by Crippen LogP contribution is -2.34. The number of hydrogen-bond donors (Lipinski definition) is 1. The molecule has 0 bridgehead atoms. The average Bonchev–Trinajstić information content (AvgIpc) is 2.54. The third kappa shape index (κ3) is 5.07. The number of carbonyl (C=O) groups is 1. The van der Waals surface area contributed by atoms with E-state index in [9.17, 15) is 9.59 Å². The van der Waals surface area contributed by atoms with Crippen LogP contribution in [0.2, 0.25) is 0 Å². The van der Waals surface area contributed by atoms with Crippen molar-refractivity contribution in [3.8, 4) is 0 Å². The molecular weight excluding hydrogens is 290 g/mol. The standard InChI is InChI=1S/C18H23N3O2/c1-20(2)12-7-11-19-17(22)16-10-6-13-21(18(16)23)14-15-8-4-3-5-9-15/h3-6,8-10,13H,7,11-12,14H2,1-2H3,(H,19,22). The first-order valence-electron chi connectivity index (χ1n) is 7.74. The van der Waals surface area contributed by atoms with Crippen LogP contribution in [0.5, 0.6) is 0 Å². The summed E-state index contributed by atoms with van der Waals surface area (Å²) in [5.41, 5.74) is 0.952. The molecule has 1 heterocycles. The van der Waals surface area contributed by atoms with E-state index >= 15 is 0 Å². The first-order valence-corrected chi connectivity index (χ1v) is 7.74. The minimum Gasteiger partial charge on any atom is -0.352 e. The number of benzene rings is 1. The number of carbonyl (C=O) groups excluding carboxylic acids is 1. The summed E-state index contributed by atoms with van der Waals surface area (Å²) in [6.45, 7) is 1.92. The first-order chi connectivity index (χ1) is 11.1. The number of hydrogen-bond acceptors (Lipinski definition) is 3. The summed E-state index contributed by atoms with van der Waals surface area (Å²) < 4.78 is 1.56. The Morgan fingerprint density at radius 3 is 2.57 bits per heavy atom. The van der Waals surface area contributed by atoms with Gasteiger partial charge in [-0.25, -0.2) is 0 Å². The molecular formula is C18H23N3O2. The maximum Gasteiger partial charge on any atom is 0.263 e. The maximum absolute atomic E-state index is 12.4. The van der Waals surface area contributed by atoms with Gasteiger partial charge in [0.25, 0.3) is 11.5 Å². The van der Waals surface area contributed by atoms with E-state index in [4.69, 9.17) is 0 Å². The third-order valence-corrected chi connectivity index (χ3v) is 3.53. The van der Waals surface area contributed by atoms with Gasteiger partial charge in [0.15, 0.2) is 0 Å². The fourth-order valence-electron chi connectivity index (χ4n) is 2.31. The minimum atomic E-state index is -0.309. The zero-order valence-corrected chi connectivity index (χ0v) is 13.7. The van der Waals surface area contributed by atoms with Crippen molar-refractivity contribution in [2.45, 2.75) is 13.0 Å². The Bertz CT molecular complexity index is 693. The molecule has 1 N–H and O–H groups in total. The highest BCUT2D eigenvalue weighted by molar-refractivity contribution is 5.93. The van der Waals surface area contributed by atoms with Crippen molar-refractivity contribution in [1.82, 2.24) is 14.8 Å². The highest BCUT2D eigenvalue weighted by Gasteiger charge is 2.11. The quantitative estimate of drug-likeness (QED) is 0.790. The second-order valence-electron chi connectivity index (χ2n) is 5.75. The molecule has 0 aliphatic rings. The zero-order chi connectivity index (χ0) is 16.7. The Balaban J connectivity index is 2.04. The van der Waals surface area contributed by atoms with Gasteiger partial charge in [0.2, 0.25) is 0 Å². The second-order valence-corrected chi connectivity index (χ2v) is 5.75. The summed E-state index contributed by atoms with van der Waals surface area (Å²) >= 11 is 0. The normalized spacial score (nSPS) is 10.7. The molecule has 0 radical (unpaired) electrons. The van der Waals surface area contributed by atoms with E-state index in [1.165, 1.54) is 0 Å². The maximum atomic E-state index is 12.4. The van der Waals surface area contributed by atoms with Crippen LogP contribution < -0.4 is 10.9 Å². The van der Waals surface area contributed by atoms with Gasteiger partial charge in [-0.15, -0.1) is 0 Å². The lowest BCUT2D eigenvalue weighted by molar-refractivity contribution is 0.0950. The van der Waals surface area contributed by atoms with Crippen molar-refractivity contribution < 1.29 is 4.79 Å². The highest BCUT2D eigenvalue weighted by atomic mass is 16.2. The van der Waals surface area contributed by atoms with Gasteiger partial charge in [0, 0.05) is 12.7 Å². The second kappa shape index (κ2) is 8.29. The van der Waals surface area contributed by atoms with E-state index in [0.29, 0.717) is 13.1 Å². The van der Waals surface area contributed by atoms with Gasteiger partial charge in [0.1, 0.15) is 5.56 Å². The smallest absolute Gasteiger partial charge is 0.263 e. The predicted octanol–water partition coefficient (Wildman–Crippen LogP) is 1.58. The molecule has 1 aromatic heterocycles. The van der Waals surface area contributed by atoms with Crippen LogP contribution in [-0.4, -0.2) is 42.6 Å². The van der Waals surface area contributed by atoms with Crippen LogP contribution >= 0.6 is 0 Å². The van der Waals surface area contributed by atoms with Crippen molar-refractivity contribution in [1.29, 1.82) is 0 Å². The summed E-state index contributed by atoms with van der Waals surface area (Å²) in [7, 11) is 3.97. The number of nitrogens with zero attached hydrogens (tertiary/aromatic N) is 2. The molecule has 0 aliphatic carbocycles. The number of pyridine rings is 1. The lowest BCUT2D eigenvalue weighted by Gasteiger charge is -2.11. The van der Waals surface area contributed by atoms with E-state index in [2.05, 4.69) is 10.2 Å². The van der Waals surface area contributed by atoms with Gasteiger partial charge in [-0.3, -0.25) is 9.59 Å². The molecule has 1 aromatic carbocycles. The van der Waals surface area contributed by atoms with Gasteiger partial charge >= 0.3 is 0 Å². The minimum absolute atomic E-state index is 0.188. The first kappa shape index (κ1) is 17.0. The number of aromatic nitrogens is 1. The highest BCUT2D eigenvalue weighted by Crippen LogP contribution is 2.01. The molecule has 0 atom stereocenters. The molecule has 5 heteroatoms. The van der Waals surface area contributed by atoms with E-state index < -0.39 is 0 Å². The molecule has 0 saturated heterocycles. The van der Waals surface area contributed by atoms with Crippen LogP contribution in [0.4, 0.5) is 0 Å². The van der Waals surface area contributed by atoms with E-state index in [1.807, 2.05) is 44.4 Å². The van der Waals surface area contributed by atoms with Crippen LogP contribution in [0, 0.1) is 0 Å². The van der Waals surface area contributed by atoms with Crippen LogP contribution in [0.15, 0.2) is 53.5 Å². The van der Waals surface area contributed by atoms with E-state index in [-0.39, 0.29) is 17.0 Å². The molecule has 2 rings (SSSR count). The number of amides is 1. The molecule has 0 aliphatic heterocycles. The summed E-state index contributed by atoms with van der Waals surface area (Å²) in [6, 6.07) is 13.0. The van der Waals surface area contributed by atoms with Crippen LogP contribution in [0.3, 0.4) is 0 Å². The molecule has 0 unspecified atom stereocenters. The molecule has 23 heavy (non-hydrogen) atoms. The monoisotopic (exact) mass is 313 g/mol. The van der Waals surface area contributed by atoms with Crippen molar-refractivity contribution in [2.24, 2.45) is 0 Å². The summed E-state index contributed by atoms with van der Waals surface area (Å²) in [5.74, 6) is -0.309. The SMILES string of the molecule is CN(C)CCCNC(=O)c1cccn(Cc2ccccc2)c1=O. The van der Waals surface area contributed by atoms with Gasteiger partial charge in [0.05, 0.1) is 6.54 Å². The van der Waals surface area contributed by atoms with Crippen molar-refractivity contribution >= 4 is 5.91 Å². The van der Waals surface area contributed by atoms with Crippen LogP contribution in [-0.2, 0) is 6.54 Å². The fourth-order valence-corrected chi connectivity index (χ4v) is 2.31. The summed E-state index contributed by atoms with van der Waals surface area (Å²) in [5, 5.41) is 2.81. The topological polar surface area (TPSA) is 54.3 Å². The summed E-state index contributed by atoms with van der Waals surface area (Å²) in [4.78, 5) is 26.7. The van der Waals surface area contributed by atoms with Gasteiger partial charge in [-0.1, -0.05) is 30.3 Å². The molecule has 1 amide bonds. The van der Waals surface area contributed by atoms with Crippen LogP contribution in [0.25, 0.3) is 0 Å². The summed E-state index contributed by atoms with van der Waals surface area (Å²) in [6.07, 6.45) is 2.56. The molecule has 0 fully saturated rings. The Morgan fingerprint density at radius 2 is 1.87 bits per heavy atom. The van der Waals surface area contributed by atoms with E-state index in [1.54, 1.807) is 22.9 Å². The van der Waals surface area contributed by atoms with Crippen molar-refractivity contribution in [3.05, 3.63) is 70.1 Å². The lowest BCUT2D eigenvalue weighted by atomic mass is 10.2. The van der Waals surface area contributed by atoms with Gasteiger partial charge < -0.3 is 14.8 Å². The number of rotatable bonds is 7. The van der Waals surface area contributed by atoms with Crippen molar-refractivity contribution in [2.75, 3.05) is 27.2 Å². The number of nitrogens with one attached hydrogen (secondary N) is 1. The predicted molar refractivity (Wildman–Crippen MR) is 91.8 cm³/mol. The average molecular weight is 313 g/mol. The zero-order valence-electron chi connectivity index (χ0n) is 13.7. The molecule has 0 spiro atoms. The Morgan fingerprint density at radius 1 is 1.13 bits per heavy atom. The Hall–Kier alpha value is -2.40. The Labute approximate surface area is 136 Å². The largest absolute Gasteiger partial charge is 0.352 e. The van der Waals surface area contributed by atoms with Crippen molar-refractivity contribution in [3.63, 3.8) is 0 Å². The van der Waals surface area contributed by atoms with E-state index in [0.717, 1.165) is 18.5 Å². The molecule has 0 saturated carbocycles. The Kier molecular flexibility index (Phi) is 6.11. The molecule has 5 nitrogen and oxygen atoms in total. The third-order valence-electron chi connectivity index (χ3n) is 3.53.